The van der Waals surface area contributed by atoms with Gasteiger partial charge in [0.05, 0.1) is 0 Å². The fraction of sp³-hybridized carbons (Fsp3) is 0.727. The third kappa shape index (κ3) is 3.62. The van der Waals surface area contributed by atoms with Crippen molar-refractivity contribution >= 4 is 5.97 Å². The van der Waals surface area contributed by atoms with Gasteiger partial charge in [0, 0.05) is 6.42 Å². The molecular formula is C11H18O2. The lowest BCUT2D eigenvalue weighted by atomic mass is 10.1. The quantitative estimate of drug-likeness (QED) is 0.667. The Labute approximate surface area is 79.6 Å². The summed E-state index contributed by atoms with van der Waals surface area (Å²) in [4.78, 5) is 9.60. The normalized spacial score (nSPS) is 28.4. The Hall–Kier alpha value is -0.790. The maximum Gasteiger partial charge on any atom is 0.303 e. The van der Waals surface area contributed by atoms with Crippen LogP contribution in [0.2, 0.25) is 0 Å². The number of allylic oxidation sites excluding steroid dienone is 2. The van der Waals surface area contributed by atoms with Crippen LogP contribution in [-0.2, 0) is 4.79 Å². The maximum atomic E-state index is 9.60. The van der Waals surface area contributed by atoms with Crippen molar-refractivity contribution in [1.29, 1.82) is 0 Å². The monoisotopic (exact) mass is 182 g/mol. The molecular weight excluding hydrogens is 164 g/mol. The second-order valence-electron chi connectivity index (χ2n) is 3.86. The smallest absolute Gasteiger partial charge is 0.303 e. The molecule has 1 saturated carbocycles. The highest BCUT2D eigenvalue weighted by Crippen LogP contribution is 2.38. The Bertz CT molecular complexity index is 184. The van der Waals surface area contributed by atoms with Gasteiger partial charge in [0.1, 0.15) is 0 Å². The summed E-state index contributed by atoms with van der Waals surface area (Å²) < 4.78 is 0. The van der Waals surface area contributed by atoms with Crippen molar-refractivity contribution in [2.75, 3.05) is 0 Å². The van der Waals surface area contributed by atoms with Gasteiger partial charge in [-0.25, -0.2) is 0 Å². The van der Waals surface area contributed by atoms with E-state index >= 15 is 0 Å². The number of aliphatic carboxylic acids is 1. The van der Waals surface area contributed by atoms with Crippen LogP contribution in [0.3, 0.4) is 0 Å². The molecule has 0 radical (unpaired) electrons. The van der Waals surface area contributed by atoms with Gasteiger partial charge < -0.3 is 5.11 Å². The molecule has 1 fully saturated rings. The first kappa shape index (κ1) is 10.3. The molecule has 2 atom stereocenters. The van der Waals surface area contributed by atoms with E-state index in [1.807, 2.05) is 6.92 Å². The van der Waals surface area contributed by atoms with Gasteiger partial charge in [0.15, 0.2) is 0 Å². The highest BCUT2D eigenvalue weighted by molar-refractivity contribution is 5.66. The van der Waals surface area contributed by atoms with Gasteiger partial charge >= 0.3 is 5.97 Å². The molecule has 0 saturated heterocycles. The molecule has 74 valence electrons. The van der Waals surface area contributed by atoms with E-state index in [1.165, 1.54) is 19.3 Å². The van der Waals surface area contributed by atoms with Gasteiger partial charge in [0.25, 0.3) is 0 Å². The molecule has 2 aliphatic rings. The van der Waals surface area contributed by atoms with Gasteiger partial charge in [-0.05, 0) is 37.5 Å². The summed E-state index contributed by atoms with van der Waals surface area (Å²) in [5.74, 6) is 1.27. The Morgan fingerprint density at radius 2 is 1.92 bits per heavy atom. The van der Waals surface area contributed by atoms with Gasteiger partial charge in [-0.2, -0.15) is 0 Å². The number of hydrogen-bond acceptors (Lipinski definition) is 1. The van der Waals surface area contributed by atoms with Crippen LogP contribution in [0.25, 0.3) is 0 Å². The van der Waals surface area contributed by atoms with Crippen LogP contribution in [-0.4, -0.2) is 11.1 Å². The molecule has 2 heteroatoms. The van der Waals surface area contributed by atoms with E-state index in [9.17, 15) is 4.79 Å². The van der Waals surface area contributed by atoms with Gasteiger partial charge in [-0.15, -0.1) is 0 Å². The molecule has 0 amide bonds. The number of carboxylic acid groups (broad SMARTS) is 1. The minimum absolute atomic E-state index is 0.292. The predicted octanol–water partition coefficient (Wildman–Crippen LogP) is 2.84. The third-order valence-corrected chi connectivity index (χ3v) is 2.63. The van der Waals surface area contributed by atoms with E-state index in [4.69, 9.17) is 5.11 Å². The van der Waals surface area contributed by atoms with Crippen LogP contribution in [0.4, 0.5) is 0 Å². The van der Waals surface area contributed by atoms with Crippen LogP contribution < -0.4 is 0 Å². The van der Waals surface area contributed by atoms with E-state index < -0.39 is 5.97 Å². The van der Waals surface area contributed by atoms with Crippen molar-refractivity contribution in [3.63, 3.8) is 0 Å². The minimum Gasteiger partial charge on any atom is -0.481 e. The number of carboxylic acids is 1. The summed E-state index contributed by atoms with van der Waals surface area (Å²) in [6.45, 7) is 1.84. The van der Waals surface area contributed by atoms with Crippen LogP contribution in [0.1, 0.15) is 39.0 Å². The zero-order chi connectivity index (χ0) is 9.68. The fourth-order valence-corrected chi connectivity index (χ4v) is 1.93. The van der Waals surface area contributed by atoms with E-state index in [-0.39, 0.29) is 0 Å². The fourth-order valence-electron chi connectivity index (χ4n) is 1.93. The third-order valence-electron chi connectivity index (χ3n) is 2.63. The van der Waals surface area contributed by atoms with E-state index in [0.717, 1.165) is 18.3 Å². The summed E-state index contributed by atoms with van der Waals surface area (Å²) in [6.07, 6.45) is 10.2. The Kier molecular flexibility index (Phi) is 4.00. The standard InChI is InChI=1S/C7H10.C4H8O2/c1-2-7-4-3-6(1)5-7;1-2-3-4(5)6/h1-2,6-7H,3-5H2;2-3H2,1H3,(H,5,6). The lowest BCUT2D eigenvalue weighted by molar-refractivity contribution is -0.137. The first-order valence-electron chi connectivity index (χ1n) is 5.12. The van der Waals surface area contributed by atoms with Crippen molar-refractivity contribution in [3.05, 3.63) is 12.2 Å². The van der Waals surface area contributed by atoms with Gasteiger partial charge in [-0.3, -0.25) is 4.79 Å². The minimum atomic E-state index is -0.711. The molecule has 2 unspecified atom stereocenters. The number of carbonyl (C=O) groups is 1. The first-order chi connectivity index (χ1) is 6.22. The van der Waals surface area contributed by atoms with Crippen LogP contribution >= 0.6 is 0 Å². The molecule has 2 bridgehead atoms. The summed E-state index contributed by atoms with van der Waals surface area (Å²) in [7, 11) is 0. The van der Waals surface area contributed by atoms with E-state index in [2.05, 4.69) is 12.2 Å². The van der Waals surface area contributed by atoms with Gasteiger partial charge in [-0.1, -0.05) is 19.1 Å². The summed E-state index contributed by atoms with van der Waals surface area (Å²) in [6, 6.07) is 0. The average molecular weight is 182 g/mol. The van der Waals surface area contributed by atoms with Crippen molar-refractivity contribution in [1.82, 2.24) is 0 Å². The van der Waals surface area contributed by atoms with Crippen molar-refractivity contribution in [2.45, 2.75) is 39.0 Å². The highest BCUT2D eigenvalue weighted by Gasteiger charge is 2.25. The molecule has 0 aromatic heterocycles. The van der Waals surface area contributed by atoms with Crippen molar-refractivity contribution < 1.29 is 9.90 Å². The zero-order valence-electron chi connectivity index (χ0n) is 8.20. The molecule has 1 N–H and O–H groups in total. The summed E-state index contributed by atoms with van der Waals surface area (Å²) in [5, 5.41) is 7.91. The van der Waals surface area contributed by atoms with Crippen LogP contribution in [0.5, 0.6) is 0 Å². The Morgan fingerprint density at radius 3 is 2.00 bits per heavy atom. The second kappa shape index (κ2) is 5.05. The molecule has 2 rings (SSSR count). The number of fused-ring (bicyclic) bond motifs is 2. The summed E-state index contributed by atoms with van der Waals surface area (Å²) in [5.41, 5.74) is 0. The molecule has 0 aliphatic heterocycles. The van der Waals surface area contributed by atoms with Crippen molar-refractivity contribution in [3.8, 4) is 0 Å². The zero-order valence-corrected chi connectivity index (χ0v) is 8.20. The van der Waals surface area contributed by atoms with E-state index in [0.29, 0.717) is 6.42 Å². The molecule has 2 nitrogen and oxygen atoms in total. The molecule has 0 aromatic rings. The average Bonchev–Trinajstić information content (AvgIpc) is 2.66. The molecule has 13 heavy (non-hydrogen) atoms. The van der Waals surface area contributed by atoms with E-state index in [1.54, 1.807) is 0 Å². The SMILES string of the molecule is C1=CC2CCC1C2.CCCC(=O)O. The first-order valence-corrected chi connectivity index (χ1v) is 5.12. The largest absolute Gasteiger partial charge is 0.481 e. The molecule has 0 heterocycles. The summed E-state index contributed by atoms with van der Waals surface area (Å²) >= 11 is 0. The molecule has 2 aliphatic carbocycles. The topological polar surface area (TPSA) is 37.3 Å². The van der Waals surface area contributed by atoms with Crippen LogP contribution in [0, 0.1) is 11.8 Å². The molecule has 0 aromatic carbocycles. The number of rotatable bonds is 2. The Morgan fingerprint density at radius 1 is 1.38 bits per heavy atom. The molecule has 0 spiro atoms. The predicted molar refractivity (Wildman–Crippen MR) is 52.5 cm³/mol. The second-order valence-corrected chi connectivity index (χ2v) is 3.86. The lowest BCUT2D eigenvalue weighted by Gasteiger charge is -1.96. The van der Waals surface area contributed by atoms with Crippen LogP contribution in [0.15, 0.2) is 12.2 Å². The number of hydrogen-bond donors (Lipinski definition) is 1. The maximum absolute atomic E-state index is 9.60. The highest BCUT2D eigenvalue weighted by atomic mass is 16.4. The van der Waals surface area contributed by atoms with Gasteiger partial charge in [0.2, 0.25) is 0 Å². The van der Waals surface area contributed by atoms with Crippen molar-refractivity contribution in [2.24, 2.45) is 11.8 Å². The lowest BCUT2D eigenvalue weighted by Crippen LogP contribution is -1.90. The Balaban J connectivity index is 0.000000133.